The van der Waals surface area contributed by atoms with Crippen molar-refractivity contribution in [1.29, 1.82) is 0 Å². The lowest BCUT2D eigenvalue weighted by atomic mass is 10.1. The van der Waals surface area contributed by atoms with Gasteiger partial charge in [-0.3, -0.25) is 4.79 Å². The minimum Gasteiger partial charge on any atom is -0.398 e. The second-order valence-corrected chi connectivity index (χ2v) is 5.68. The number of nitrogens with two attached hydrogens (primary N) is 1. The van der Waals surface area contributed by atoms with E-state index in [1.165, 1.54) is 12.2 Å². The fourth-order valence-corrected chi connectivity index (χ4v) is 3.30. The van der Waals surface area contributed by atoms with Crippen LogP contribution in [0.15, 0.2) is 18.2 Å². The van der Waals surface area contributed by atoms with Gasteiger partial charge < -0.3 is 11.1 Å². The van der Waals surface area contributed by atoms with Crippen molar-refractivity contribution in [2.75, 3.05) is 23.8 Å². The summed E-state index contributed by atoms with van der Waals surface area (Å²) in [6, 6.07) is 5.12. The number of hydrogen-bond acceptors (Lipinski definition) is 3. The van der Waals surface area contributed by atoms with Crippen molar-refractivity contribution in [3.05, 3.63) is 28.8 Å². The first-order valence-corrected chi connectivity index (χ1v) is 7.11. The lowest BCUT2D eigenvalue weighted by Gasteiger charge is -2.11. The Morgan fingerprint density at radius 1 is 1.59 bits per heavy atom. The first-order chi connectivity index (χ1) is 8.18. The van der Waals surface area contributed by atoms with Crippen LogP contribution in [-0.2, 0) is 0 Å². The van der Waals surface area contributed by atoms with Crippen LogP contribution in [0.25, 0.3) is 0 Å². The summed E-state index contributed by atoms with van der Waals surface area (Å²) in [5.74, 6) is 2.77. The normalized spacial score (nSPS) is 19.2. The average molecular weight is 271 g/mol. The Morgan fingerprint density at radius 3 is 3.12 bits per heavy atom. The SMILES string of the molecule is Nc1cccc(C(=O)NCC2CCSC2)c1Cl. The standard InChI is InChI=1S/C12H15ClN2OS/c13-11-9(2-1-3-10(11)14)12(16)15-6-8-4-5-17-7-8/h1-3,8H,4-7,14H2,(H,15,16). The maximum Gasteiger partial charge on any atom is 0.252 e. The first-order valence-electron chi connectivity index (χ1n) is 5.58. The van der Waals surface area contributed by atoms with Crippen LogP contribution in [0.3, 0.4) is 0 Å². The van der Waals surface area contributed by atoms with E-state index in [9.17, 15) is 4.79 Å². The zero-order valence-corrected chi connectivity index (χ0v) is 11.0. The second kappa shape index (κ2) is 5.65. The van der Waals surface area contributed by atoms with Gasteiger partial charge in [0, 0.05) is 6.54 Å². The lowest BCUT2D eigenvalue weighted by molar-refractivity contribution is 0.0948. The number of amides is 1. The first kappa shape index (κ1) is 12.6. The molecule has 1 fully saturated rings. The minimum absolute atomic E-state index is 0.140. The molecular weight excluding hydrogens is 256 g/mol. The van der Waals surface area contributed by atoms with E-state index in [0.29, 0.717) is 22.2 Å². The number of carbonyl (C=O) groups is 1. The van der Waals surface area contributed by atoms with Gasteiger partial charge in [-0.05, 0) is 36.0 Å². The summed E-state index contributed by atoms with van der Waals surface area (Å²) in [5.41, 5.74) is 6.56. The molecule has 0 aromatic heterocycles. The minimum atomic E-state index is -0.140. The van der Waals surface area contributed by atoms with Gasteiger partial charge in [0.05, 0.1) is 16.3 Å². The summed E-state index contributed by atoms with van der Waals surface area (Å²) in [5, 5.41) is 3.26. The van der Waals surface area contributed by atoms with Crippen molar-refractivity contribution in [1.82, 2.24) is 5.32 Å². The van der Waals surface area contributed by atoms with E-state index in [4.69, 9.17) is 17.3 Å². The molecule has 0 spiro atoms. The van der Waals surface area contributed by atoms with Crippen LogP contribution in [0.4, 0.5) is 5.69 Å². The number of anilines is 1. The van der Waals surface area contributed by atoms with Gasteiger partial charge >= 0.3 is 0 Å². The molecule has 0 aliphatic carbocycles. The van der Waals surface area contributed by atoms with Gasteiger partial charge in [-0.2, -0.15) is 11.8 Å². The maximum atomic E-state index is 11.9. The third-order valence-electron chi connectivity index (χ3n) is 2.85. The van der Waals surface area contributed by atoms with Crippen LogP contribution < -0.4 is 11.1 Å². The van der Waals surface area contributed by atoms with E-state index >= 15 is 0 Å². The topological polar surface area (TPSA) is 55.1 Å². The molecule has 1 heterocycles. The third kappa shape index (κ3) is 3.07. The van der Waals surface area contributed by atoms with Crippen LogP contribution in [0.2, 0.25) is 5.02 Å². The number of rotatable bonds is 3. The van der Waals surface area contributed by atoms with Crippen molar-refractivity contribution in [2.45, 2.75) is 6.42 Å². The van der Waals surface area contributed by atoms with E-state index in [0.717, 1.165) is 12.3 Å². The summed E-state index contributed by atoms with van der Waals surface area (Å²) in [6.07, 6.45) is 1.18. The van der Waals surface area contributed by atoms with E-state index in [2.05, 4.69) is 5.32 Å². The predicted octanol–water partition coefficient (Wildman–Crippen LogP) is 2.41. The molecule has 3 N–H and O–H groups in total. The molecule has 1 aromatic rings. The zero-order valence-electron chi connectivity index (χ0n) is 9.41. The smallest absolute Gasteiger partial charge is 0.252 e. The zero-order chi connectivity index (χ0) is 12.3. The van der Waals surface area contributed by atoms with Crippen molar-refractivity contribution in [2.24, 2.45) is 5.92 Å². The largest absolute Gasteiger partial charge is 0.398 e. The molecule has 2 rings (SSSR count). The molecule has 5 heteroatoms. The Hall–Kier alpha value is -0.870. The van der Waals surface area contributed by atoms with Gasteiger partial charge in [0.25, 0.3) is 5.91 Å². The van der Waals surface area contributed by atoms with Gasteiger partial charge in [0.15, 0.2) is 0 Å². The van der Waals surface area contributed by atoms with Gasteiger partial charge in [0.2, 0.25) is 0 Å². The molecule has 1 unspecified atom stereocenters. The molecule has 1 aliphatic heterocycles. The summed E-state index contributed by atoms with van der Waals surface area (Å²) in [7, 11) is 0. The van der Waals surface area contributed by atoms with Gasteiger partial charge in [-0.25, -0.2) is 0 Å². The van der Waals surface area contributed by atoms with Crippen molar-refractivity contribution < 1.29 is 4.79 Å². The number of halogens is 1. The number of benzene rings is 1. The summed E-state index contributed by atoms with van der Waals surface area (Å²) in [6.45, 7) is 0.719. The Kier molecular flexibility index (Phi) is 4.18. The van der Waals surface area contributed by atoms with Gasteiger partial charge in [-0.15, -0.1) is 0 Å². The highest BCUT2D eigenvalue weighted by atomic mass is 35.5. The number of hydrogen-bond donors (Lipinski definition) is 2. The van der Waals surface area contributed by atoms with E-state index in [-0.39, 0.29) is 5.91 Å². The maximum absolute atomic E-state index is 11.9. The van der Waals surface area contributed by atoms with E-state index in [1.807, 2.05) is 11.8 Å². The summed E-state index contributed by atoms with van der Waals surface area (Å²) >= 11 is 7.93. The Balaban J connectivity index is 1.97. The van der Waals surface area contributed by atoms with Crippen molar-refractivity contribution in [3.8, 4) is 0 Å². The van der Waals surface area contributed by atoms with E-state index in [1.54, 1.807) is 18.2 Å². The number of carbonyl (C=O) groups excluding carboxylic acids is 1. The fraction of sp³-hybridized carbons (Fsp3) is 0.417. The van der Waals surface area contributed by atoms with Gasteiger partial charge in [0.1, 0.15) is 0 Å². The molecule has 1 saturated heterocycles. The summed E-state index contributed by atoms with van der Waals surface area (Å²) in [4.78, 5) is 11.9. The molecule has 1 atom stereocenters. The van der Waals surface area contributed by atoms with Crippen LogP contribution in [0, 0.1) is 5.92 Å². The van der Waals surface area contributed by atoms with Gasteiger partial charge in [-0.1, -0.05) is 17.7 Å². The number of nitrogen functional groups attached to an aromatic ring is 1. The quantitative estimate of drug-likeness (QED) is 0.830. The highest BCUT2D eigenvalue weighted by Crippen LogP contribution is 2.24. The molecular formula is C12H15ClN2OS. The third-order valence-corrected chi connectivity index (χ3v) is 4.50. The molecule has 17 heavy (non-hydrogen) atoms. The molecule has 0 bridgehead atoms. The van der Waals surface area contributed by atoms with Crippen molar-refractivity contribution >= 4 is 35.0 Å². The van der Waals surface area contributed by atoms with Crippen LogP contribution in [0.1, 0.15) is 16.8 Å². The van der Waals surface area contributed by atoms with Crippen LogP contribution in [-0.4, -0.2) is 24.0 Å². The predicted molar refractivity (Wildman–Crippen MR) is 73.6 cm³/mol. The lowest BCUT2D eigenvalue weighted by Crippen LogP contribution is -2.29. The number of nitrogens with one attached hydrogen (secondary N) is 1. The van der Waals surface area contributed by atoms with E-state index < -0.39 is 0 Å². The average Bonchev–Trinajstić information content (AvgIpc) is 2.82. The summed E-state index contributed by atoms with van der Waals surface area (Å²) < 4.78 is 0. The van der Waals surface area contributed by atoms with Crippen molar-refractivity contribution in [3.63, 3.8) is 0 Å². The Bertz CT molecular complexity index is 419. The number of thioether (sulfide) groups is 1. The molecule has 1 aromatic carbocycles. The molecule has 1 aliphatic rings. The van der Waals surface area contributed by atoms with Crippen LogP contribution >= 0.6 is 23.4 Å². The Labute approximate surface area is 110 Å². The molecule has 0 saturated carbocycles. The highest BCUT2D eigenvalue weighted by Gasteiger charge is 2.17. The Morgan fingerprint density at radius 2 is 2.41 bits per heavy atom. The molecule has 92 valence electrons. The fourth-order valence-electron chi connectivity index (χ4n) is 1.80. The monoisotopic (exact) mass is 270 g/mol. The highest BCUT2D eigenvalue weighted by molar-refractivity contribution is 7.99. The molecule has 3 nitrogen and oxygen atoms in total. The molecule has 0 radical (unpaired) electrons. The molecule has 1 amide bonds. The van der Waals surface area contributed by atoms with Crippen LogP contribution in [0.5, 0.6) is 0 Å². The second-order valence-electron chi connectivity index (χ2n) is 4.15.